The normalized spacial score (nSPS) is 16.1. The lowest BCUT2D eigenvalue weighted by Crippen LogP contribution is -2.32. The van der Waals surface area contributed by atoms with Crippen LogP contribution >= 0.6 is 56.9 Å². The molecule has 1 aliphatic rings. The molecule has 4 nitrogen and oxygen atoms in total. The Morgan fingerprint density at radius 1 is 1.03 bits per heavy atom. The summed E-state index contributed by atoms with van der Waals surface area (Å²) in [6.45, 7) is 7.43. The number of hydrogen-bond acceptors (Lipinski definition) is 4. The van der Waals surface area contributed by atoms with Crippen LogP contribution in [0.2, 0.25) is 0 Å². The topological polar surface area (TPSA) is 41.9 Å². The van der Waals surface area contributed by atoms with Crippen molar-refractivity contribution < 1.29 is 9.53 Å². The fourth-order valence-corrected chi connectivity index (χ4v) is 6.66. The van der Waals surface area contributed by atoms with E-state index in [2.05, 4.69) is 90.2 Å². The molecule has 1 amide bonds. The molecule has 0 saturated carbocycles. The quantitative estimate of drug-likeness (QED) is 0.185. The molecule has 35 heavy (non-hydrogen) atoms. The molecule has 0 spiro atoms. The number of aliphatic imine (C=N–C) groups is 1. The Morgan fingerprint density at radius 3 is 2.31 bits per heavy atom. The summed E-state index contributed by atoms with van der Waals surface area (Å²) in [5, 5.41) is 0.728. The van der Waals surface area contributed by atoms with E-state index in [0.717, 1.165) is 34.9 Å². The Kier molecular flexibility index (Phi) is 8.93. The zero-order valence-electron chi connectivity index (χ0n) is 19.8. The number of benzene rings is 3. The van der Waals surface area contributed by atoms with Gasteiger partial charge in [-0.15, -0.1) is 0 Å². The van der Waals surface area contributed by atoms with Crippen molar-refractivity contribution in [3.8, 4) is 5.75 Å². The fraction of sp³-hybridized carbons (Fsp3) is 0.214. The Balaban J connectivity index is 1.59. The summed E-state index contributed by atoms with van der Waals surface area (Å²) < 4.78 is 8.15. The second-order valence-electron chi connectivity index (χ2n) is 8.74. The first kappa shape index (κ1) is 26.2. The summed E-state index contributed by atoms with van der Waals surface area (Å²) >= 11 is 6.04. The minimum Gasteiger partial charge on any atom is -0.487 e. The average molecular weight is 708 g/mol. The van der Waals surface area contributed by atoms with E-state index in [1.807, 2.05) is 48.5 Å². The number of nitrogens with zero attached hydrogens (tertiary/aromatic N) is 2. The Morgan fingerprint density at radius 2 is 1.69 bits per heavy atom. The van der Waals surface area contributed by atoms with Crippen LogP contribution in [-0.4, -0.2) is 22.5 Å². The number of hydrogen-bond donors (Lipinski definition) is 0. The Hall–Kier alpha value is -1.85. The maximum absolute atomic E-state index is 13.3. The highest BCUT2D eigenvalue weighted by atomic mass is 127. The van der Waals surface area contributed by atoms with Crippen molar-refractivity contribution in [3.63, 3.8) is 0 Å². The number of amides is 1. The first-order valence-corrected chi connectivity index (χ1v) is 14.3. The predicted octanol–water partition coefficient (Wildman–Crippen LogP) is 8.04. The lowest BCUT2D eigenvalue weighted by molar-refractivity contribution is -0.122. The van der Waals surface area contributed by atoms with Crippen LogP contribution in [0.4, 0.5) is 5.69 Å². The molecule has 4 rings (SSSR count). The van der Waals surface area contributed by atoms with Gasteiger partial charge in [-0.2, -0.15) is 0 Å². The SMILES string of the molecule is Cc1ccc(N=C2S/C(=C/c3cc(I)c(OCc4ccccc4)c(I)c3)C(=O)N2CC(C)C)cc1. The van der Waals surface area contributed by atoms with E-state index in [1.54, 1.807) is 4.90 Å². The second-order valence-corrected chi connectivity index (χ2v) is 12.1. The largest absolute Gasteiger partial charge is 0.487 e. The molecule has 0 aliphatic carbocycles. The third kappa shape index (κ3) is 6.89. The van der Waals surface area contributed by atoms with Crippen molar-refractivity contribution >= 4 is 79.8 Å². The van der Waals surface area contributed by atoms with E-state index in [4.69, 9.17) is 9.73 Å². The average Bonchev–Trinajstić information content (AvgIpc) is 3.09. The van der Waals surface area contributed by atoms with Crippen LogP contribution in [0, 0.1) is 20.0 Å². The Bertz CT molecular complexity index is 1250. The number of aryl methyl sites for hydroxylation is 1. The Labute approximate surface area is 238 Å². The number of halogens is 2. The van der Waals surface area contributed by atoms with E-state index < -0.39 is 0 Å². The van der Waals surface area contributed by atoms with Gasteiger partial charge in [-0.3, -0.25) is 9.69 Å². The van der Waals surface area contributed by atoms with Gasteiger partial charge in [-0.05, 0) is 111 Å². The number of amidine groups is 1. The summed E-state index contributed by atoms with van der Waals surface area (Å²) in [5.41, 5.74) is 4.14. The van der Waals surface area contributed by atoms with Crippen molar-refractivity contribution in [2.75, 3.05) is 6.54 Å². The third-order valence-corrected chi connectivity index (χ3v) is 7.85. The van der Waals surface area contributed by atoms with Gasteiger partial charge in [0.25, 0.3) is 5.91 Å². The van der Waals surface area contributed by atoms with Gasteiger partial charge < -0.3 is 4.74 Å². The maximum atomic E-state index is 13.3. The minimum absolute atomic E-state index is 0.00369. The maximum Gasteiger partial charge on any atom is 0.266 e. The number of carbonyl (C=O) groups is 1. The zero-order chi connectivity index (χ0) is 24.9. The molecule has 1 aliphatic heterocycles. The lowest BCUT2D eigenvalue weighted by Gasteiger charge is -2.17. The third-order valence-electron chi connectivity index (χ3n) is 5.24. The van der Waals surface area contributed by atoms with Crippen LogP contribution < -0.4 is 4.74 Å². The van der Waals surface area contributed by atoms with Crippen LogP contribution in [0.25, 0.3) is 6.08 Å². The summed E-state index contributed by atoms with van der Waals surface area (Å²) in [6.07, 6.45) is 1.96. The van der Waals surface area contributed by atoms with Gasteiger partial charge in [0, 0.05) is 6.54 Å². The highest BCUT2D eigenvalue weighted by molar-refractivity contribution is 14.1. The number of ether oxygens (including phenoxy) is 1. The molecule has 1 fully saturated rings. The highest BCUT2D eigenvalue weighted by Gasteiger charge is 2.33. The van der Waals surface area contributed by atoms with Crippen LogP contribution in [-0.2, 0) is 11.4 Å². The molecule has 1 saturated heterocycles. The van der Waals surface area contributed by atoms with Crippen molar-refractivity contribution in [2.45, 2.75) is 27.4 Å². The molecular weight excluding hydrogens is 682 g/mol. The van der Waals surface area contributed by atoms with E-state index in [0.29, 0.717) is 24.0 Å². The smallest absolute Gasteiger partial charge is 0.266 e. The van der Waals surface area contributed by atoms with Crippen LogP contribution in [0.5, 0.6) is 5.75 Å². The zero-order valence-corrected chi connectivity index (χ0v) is 24.9. The second kappa shape index (κ2) is 11.9. The molecule has 0 N–H and O–H groups in total. The molecule has 0 bridgehead atoms. The van der Waals surface area contributed by atoms with E-state index >= 15 is 0 Å². The van der Waals surface area contributed by atoms with E-state index in [-0.39, 0.29) is 5.91 Å². The van der Waals surface area contributed by atoms with Gasteiger partial charge in [0.15, 0.2) is 5.17 Å². The molecule has 0 radical (unpaired) electrons. The molecular formula is C28H26I2N2O2S. The monoisotopic (exact) mass is 708 g/mol. The highest BCUT2D eigenvalue weighted by Crippen LogP contribution is 2.36. The first-order valence-electron chi connectivity index (χ1n) is 11.3. The molecule has 0 atom stereocenters. The molecule has 1 heterocycles. The molecule has 0 aromatic heterocycles. The number of rotatable bonds is 7. The molecule has 7 heteroatoms. The van der Waals surface area contributed by atoms with Gasteiger partial charge in [-0.25, -0.2) is 4.99 Å². The van der Waals surface area contributed by atoms with Crippen LogP contribution in [0.1, 0.15) is 30.5 Å². The van der Waals surface area contributed by atoms with Crippen molar-refractivity contribution in [3.05, 3.63) is 95.5 Å². The first-order chi connectivity index (χ1) is 16.8. The summed E-state index contributed by atoms with van der Waals surface area (Å²) in [4.78, 5) is 20.6. The van der Waals surface area contributed by atoms with Gasteiger partial charge in [0.2, 0.25) is 0 Å². The number of carbonyl (C=O) groups excluding carboxylic acids is 1. The van der Waals surface area contributed by atoms with E-state index in [1.165, 1.54) is 17.3 Å². The molecule has 180 valence electrons. The molecule has 3 aromatic carbocycles. The van der Waals surface area contributed by atoms with Gasteiger partial charge in [0.05, 0.1) is 17.7 Å². The summed E-state index contributed by atoms with van der Waals surface area (Å²) in [7, 11) is 0. The fourth-order valence-electron chi connectivity index (χ4n) is 3.53. The van der Waals surface area contributed by atoms with Crippen molar-refractivity contribution in [1.82, 2.24) is 4.90 Å². The van der Waals surface area contributed by atoms with Crippen LogP contribution in [0.15, 0.2) is 76.6 Å². The van der Waals surface area contributed by atoms with E-state index in [9.17, 15) is 4.79 Å². The molecule has 3 aromatic rings. The van der Waals surface area contributed by atoms with Gasteiger partial charge in [0.1, 0.15) is 12.4 Å². The lowest BCUT2D eigenvalue weighted by atomic mass is 10.2. The standard InChI is InChI=1S/C28H26I2N2O2S/c1-18(2)16-32-27(33)25(35-28(32)31-22-11-9-19(3)10-12-22)15-21-13-23(29)26(24(30)14-21)34-17-20-7-5-4-6-8-20/h4-15,18H,16-17H2,1-3H3/b25-15+,31-28?. The van der Waals surface area contributed by atoms with Gasteiger partial charge >= 0.3 is 0 Å². The minimum atomic E-state index is 0.00369. The van der Waals surface area contributed by atoms with Crippen molar-refractivity contribution in [1.29, 1.82) is 0 Å². The molecule has 0 unspecified atom stereocenters. The predicted molar refractivity (Wildman–Crippen MR) is 163 cm³/mol. The van der Waals surface area contributed by atoms with Crippen molar-refractivity contribution in [2.24, 2.45) is 10.9 Å². The summed E-state index contributed by atoms with van der Waals surface area (Å²) in [5.74, 6) is 1.21. The summed E-state index contributed by atoms with van der Waals surface area (Å²) in [6, 6.07) is 22.3. The number of thioether (sulfide) groups is 1. The van der Waals surface area contributed by atoms with Crippen LogP contribution in [0.3, 0.4) is 0 Å². The van der Waals surface area contributed by atoms with Gasteiger partial charge in [-0.1, -0.05) is 61.9 Å².